The van der Waals surface area contributed by atoms with E-state index in [0.717, 1.165) is 5.56 Å². The fraction of sp³-hybridized carbons (Fsp3) is 0.143. The lowest BCUT2D eigenvalue weighted by Gasteiger charge is -2.17. The van der Waals surface area contributed by atoms with E-state index in [4.69, 9.17) is 9.15 Å². The molecule has 1 amide bonds. The Morgan fingerprint density at radius 3 is 2.57 bits per heavy atom. The Balaban J connectivity index is 1.71. The van der Waals surface area contributed by atoms with Crippen molar-refractivity contribution in [2.45, 2.75) is 19.1 Å². The molecule has 7 heteroatoms. The summed E-state index contributed by atoms with van der Waals surface area (Å²) in [6.45, 7) is -0.236. The smallest absolute Gasteiger partial charge is 0.329 e. The zero-order valence-electron chi connectivity index (χ0n) is 14.7. The van der Waals surface area contributed by atoms with Gasteiger partial charge in [0.05, 0.1) is 6.26 Å². The highest BCUT2D eigenvalue weighted by Crippen LogP contribution is 2.16. The average Bonchev–Trinajstić information content (AvgIpc) is 3.22. The molecule has 0 spiro atoms. The molecular formula is C21H17BrFNO4. The third-order valence-corrected chi connectivity index (χ3v) is 4.50. The number of halogens is 2. The number of carbonyl (C=O) groups is 2. The van der Waals surface area contributed by atoms with Crippen molar-refractivity contribution in [1.82, 2.24) is 5.32 Å². The van der Waals surface area contributed by atoms with Crippen LogP contribution in [0.2, 0.25) is 0 Å². The van der Waals surface area contributed by atoms with E-state index in [1.807, 2.05) is 30.3 Å². The third kappa shape index (κ3) is 5.29. The zero-order chi connectivity index (χ0) is 19.9. The Kier molecular flexibility index (Phi) is 6.60. The Labute approximate surface area is 169 Å². The predicted molar refractivity (Wildman–Crippen MR) is 104 cm³/mol. The van der Waals surface area contributed by atoms with Gasteiger partial charge >= 0.3 is 5.97 Å². The highest BCUT2D eigenvalue weighted by molar-refractivity contribution is 9.10. The fourth-order valence-corrected chi connectivity index (χ4v) is 2.90. The Bertz CT molecular complexity index is 944. The van der Waals surface area contributed by atoms with Crippen molar-refractivity contribution in [2.24, 2.45) is 0 Å². The molecule has 0 saturated heterocycles. The van der Waals surface area contributed by atoms with Crippen LogP contribution in [0.1, 0.15) is 21.7 Å². The number of furan rings is 1. The largest absolute Gasteiger partial charge is 0.459 e. The predicted octanol–water partition coefficient (Wildman–Crippen LogP) is 4.27. The molecule has 28 heavy (non-hydrogen) atoms. The standard InChI is InChI=1S/C21H17BrFNO4/c22-16-9-8-15(17(23)12-16)13-28-21(26)18(11-14-5-2-1-3-6-14)24-20(25)19-7-4-10-27-19/h1-10,12,18H,11,13H2,(H,24,25). The van der Waals surface area contributed by atoms with Gasteiger partial charge in [0.25, 0.3) is 5.91 Å². The molecule has 0 aliphatic heterocycles. The van der Waals surface area contributed by atoms with Gasteiger partial charge in [-0.2, -0.15) is 0 Å². The summed E-state index contributed by atoms with van der Waals surface area (Å²) in [6.07, 6.45) is 1.60. The summed E-state index contributed by atoms with van der Waals surface area (Å²) in [7, 11) is 0. The van der Waals surface area contributed by atoms with Crippen LogP contribution in [0.15, 0.2) is 75.8 Å². The number of esters is 1. The summed E-state index contributed by atoms with van der Waals surface area (Å²) in [6, 6.07) is 15.8. The topological polar surface area (TPSA) is 68.5 Å². The van der Waals surface area contributed by atoms with Crippen LogP contribution in [0.5, 0.6) is 0 Å². The van der Waals surface area contributed by atoms with Crippen LogP contribution in [0.3, 0.4) is 0 Å². The monoisotopic (exact) mass is 445 g/mol. The van der Waals surface area contributed by atoms with E-state index in [1.54, 1.807) is 12.1 Å². The summed E-state index contributed by atoms with van der Waals surface area (Å²) < 4.78 is 24.9. The van der Waals surface area contributed by atoms with E-state index in [2.05, 4.69) is 21.2 Å². The van der Waals surface area contributed by atoms with E-state index in [1.165, 1.54) is 24.5 Å². The Morgan fingerprint density at radius 1 is 1.11 bits per heavy atom. The highest BCUT2D eigenvalue weighted by Gasteiger charge is 2.24. The van der Waals surface area contributed by atoms with Gasteiger partial charge in [-0.15, -0.1) is 0 Å². The second-order valence-corrected chi connectivity index (χ2v) is 6.95. The molecule has 3 aromatic rings. The van der Waals surface area contributed by atoms with Gasteiger partial charge in [0, 0.05) is 16.5 Å². The minimum Gasteiger partial charge on any atom is -0.459 e. The molecular weight excluding hydrogens is 429 g/mol. The number of rotatable bonds is 7. The lowest BCUT2D eigenvalue weighted by molar-refractivity contribution is -0.147. The fourth-order valence-electron chi connectivity index (χ4n) is 2.57. The lowest BCUT2D eigenvalue weighted by atomic mass is 10.1. The maximum Gasteiger partial charge on any atom is 0.329 e. The third-order valence-electron chi connectivity index (χ3n) is 4.00. The molecule has 1 atom stereocenters. The van der Waals surface area contributed by atoms with Crippen LogP contribution in [-0.2, 0) is 22.6 Å². The van der Waals surface area contributed by atoms with E-state index < -0.39 is 23.7 Å². The number of hydrogen-bond donors (Lipinski definition) is 1. The van der Waals surface area contributed by atoms with Gasteiger partial charge in [-0.25, -0.2) is 9.18 Å². The van der Waals surface area contributed by atoms with Crippen molar-refractivity contribution < 1.29 is 23.1 Å². The average molecular weight is 446 g/mol. The first-order chi connectivity index (χ1) is 13.5. The highest BCUT2D eigenvalue weighted by atomic mass is 79.9. The molecule has 0 fully saturated rings. The van der Waals surface area contributed by atoms with E-state index in [0.29, 0.717) is 4.47 Å². The molecule has 1 unspecified atom stereocenters. The molecule has 144 valence electrons. The summed E-state index contributed by atoms with van der Waals surface area (Å²) in [4.78, 5) is 24.9. The molecule has 1 aromatic heterocycles. The molecule has 5 nitrogen and oxygen atoms in total. The summed E-state index contributed by atoms with van der Waals surface area (Å²) in [5.41, 5.74) is 1.09. The molecule has 0 aliphatic carbocycles. The van der Waals surface area contributed by atoms with Crippen molar-refractivity contribution in [3.63, 3.8) is 0 Å². The summed E-state index contributed by atoms with van der Waals surface area (Å²) >= 11 is 3.18. The van der Waals surface area contributed by atoms with Gasteiger partial charge in [0.2, 0.25) is 0 Å². The zero-order valence-corrected chi connectivity index (χ0v) is 16.3. The van der Waals surface area contributed by atoms with Gasteiger partial charge in [-0.05, 0) is 29.8 Å². The van der Waals surface area contributed by atoms with E-state index in [9.17, 15) is 14.0 Å². The minimum absolute atomic E-state index is 0.0878. The quantitative estimate of drug-likeness (QED) is 0.551. The van der Waals surface area contributed by atoms with Crippen LogP contribution >= 0.6 is 15.9 Å². The van der Waals surface area contributed by atoms with Gasteiger partial charge in [-0.3, -0.25) is 4.79 Å². The normalized spacial score (nSPS) is 11.6. The van der Waals surface area contributed by atoms with Crippen LogP contribution < -0.4 is 5.32 Å². The van der Waals surface area contributed by atoms with E-state index >= 15 is 0 Å². The first-order valence-electron chi connectivity index (χ1n) is 8.52. The maximum atomic E-state index is 13.9. The molecule has 3 rings (SSSR count). The second kappa shape index (κ2) is 9.32. The van der Waals surface area contributed by atoms with Crippen molar-refractivity contribution >= 4 is 27.8 Å². The van der Waals surface area contributed by atoms with E-state index in [-0.39, 0.29) is 24.4 Å². The van der Waals surface area contributed by atoms with Gasteiger partial charge in [-0.1, -0.05) is 52.3 Å². The van der Waals surface area contributed by atoms with Crippen LogP contribution in [0.4, 0.5) is 4.39 Å². The first kappa shape index (κ1) is 19.8. The molecule has 0 saturated carbocycles. The van der Waals surface area contributed by atoms with Gasteiger partial charge in [0.15, 0.2) is 5.76 Å². The molecule has 1 heterocycles. The van der Waals surface area contributed by atoms with Crippen LogP contribution in [0, 0.1) is 5.82 Å². The first-order valence-corrected chi connectivity index (χ1v) is 9.31. The number of amides is 1. The number of carbonyl (C=O) groups excluding carboxylic acids is 2. The summed E-state index contributed by atoms with van der Waals surface area (Å²) in [5.74, 6) is -1.59. The number of benzene rings is 2. The molecule has 0 radical (unpaired) electrons. The molecule has 0 aliphatic rings. The van der Waals surface area contributed by atoms with Crippen molar-refractivity contribution in [1.29, 1.82) is 0 Å². The molecule has 0 bridgehead atoms. The number of hydrogen-bond acceptors (Lipinski definition) is 4. The van der Waals surface area contributed by atoms with Gasteiger partial charge < -0.3 is 14.5 Å². The van der Waals surface area contributed by atoms with Crippen LogP contribution in [0.25, 0.3) is 0 Å². The Hall–Kier alpha value is -2.93. The SMILES string of the molecule is O=C(NC(Cc1ccccc1)C(=O)OCc1ccc(Br)cc1F)c1ccco1. The van der Waals surface area contributed by atoms with Crippen molar-refractivity contribution in [3.05, 3.63) is 94.1 Å². The Morgan fingerprint density at radius 2 is 1.89 bits per heavy atom. The molecule has 1 N–H and O–H groups in total. The van der Waals surface area contributed by atoms with Crippen molar-refractivity contribution in [2.75, 3.05) is 0 Å². The minimum atomic E-state index is -0.946. The van der Waals surface area contributed by atoms with Gasteiger partial charge in [0.1, 0.15) is 18.5 Å². The van der Waals surface area contributed by atoms with Crippen molar-refractivity contribution in [3.8, 4) is 0 Å². The number of nitrogens with one attached hydrogen (secondary N) is 1. The maximum absolute atomic E-state index is 13.9. The summed E-state index contributed by atoms with van der Waals surface area (Å²) in [5, 5.41) is 2.62. The molecule has 2 aromatic carbocycles. The number of ether oxygens (including phenoxy) is 1. The van der Waals surface area contributed by atoms with Crippen LogP contribution in [-0.4, -0.2) is 17.9 Å². The second-order valence-electron chi connectivity index (χ2n) is 6.04. The lowest BCUT2D eigenvalue weighted by Crippen LogP contribution is -2.43.